The van der Waals surface area contributed by atoms with Crippen molar-refractivity contribution in [1.29, 1.82) is 0 Å². The number of aromatic nitrogens is 2. The van der Waals surface area contributed by atoms with Crippen LogP contribution >= 0.6 is 0 Å². The molecule has 1 aromatic heterocycles. The number of methoxy groups -OCH3 is 1. The molecule has 1 heterocycles. The highest BCUT2D eigenvalue weighted by atomic mass is 16.5. The first-order valence-electron chi connectivity index (χ1n) is 7.37. The lowest BCUT2D eigenvalue weighted by molar-refractivity contribution is -0.0292. The highest BCUT2D eigenvalue weighted by Gasteiger charge is 2.32. The summed E-state index contributed by atoms with van der Waals surface area (Å²) in [5, 5.41) is 0. The van der Waals surface area contributed by atoms with E-state index in [-0.39, 0.29) is 0 Å². The van der Waals surface area contributed by atoms with Gasteiger partial charge in [0.15, 0.2) is 5.82 Å². The van der Waals surface area contributed by atoms with Crippen LogP contribution in [0.2, 0.25) is 0 Å². The molecule has 0 fully saturated rings. The molecule has 0 aliphatic heterocycles. The van der Waals surface area contributed by atoms with Crippen LogP contribution in [0.5, 0.6) is 0 Å². The Morgan fingerprint density at radius 3 is 2.42 bits per heavy atom. The van der Waals surface area contributed by atoms with Crippen molar-refractivity contribution in [2.24, 2.45) is 0 Å². The number of nitrogens with zero attached hydrogens (tertiary/aromatic N) is 2. The first-order chi connectivity index (χ1) is 9.16. The Labute approximate surface area is 115 Å². The predicted molar refractivity (Wildman–Crippen MR) is 77.0 cm³/mol. The summed E-state index contributed by atoms with van der Waals surface area (Å²) < 4.78 is 5.72. The molecule has 0 radical (unpaired) electrons. The third-order valence-electron chi connectivity index (χ3n) is 4.41. The van der Waals surface area contributed by atoms with E-state index in [0.717, 1.165) is 37.2 Å². The number of nitrogens with two attached hydrogens (primary N) is 1. The Hall–Kier alpha value is -1.16. The molecule has 4 heteroatoms. The Bertz CT molecular complexity index is 433. The van der Waals surface area contributed by atoms with Crippen molar-refractivity contribution >= 4 is 5.82 Å². The van der Waals surface area contributed by atoms with Gasteiger partial charge in [-0.2, -0.15) is 0 Å². The van der Waals surface area contributed by atoms with E-state index < -0.39 is 5.60 Å². The minimum atomic E-state index is -0.393. The van der Waals surface area contributed by atoms with Crippen LogP contribution < -0.4 is 5.73 Å². The topological polar surface area (TPSA) is 61.0 Å². The standard InChI is InChI=1S/C15H25N3O/c1-4-15(5-2,19-3)14-17-12-10-8-6-7-9-11(12)13(16)18-14/h4-10H2,1-3H3,(H2,16,17,18). The fourth-order valence-electron chi connectivity index (χ4n) is 2.95. The van der Waals surface area contributed by atoms with Gasteiger partial charge in [0.05, 0.1) is 0 Å². The van der Waals surface area contributed by atoms with Crippen LogP contribution in [0.25, 0.3) is 0 Å². The summed E-state index contributed by atoms with van der Waals surface area (Å²) in [4.78, 5) is 9.36. The molecule has 0 aromatic carbocycles. The fraction of sp³-hybridized carbons (Fsp3) is 0.733. The summed E-state index contributed by atoms with van der Waals surface area (Å²) >= 11 is 0. The molecule has 0 saturated heterocycles. The van der Waals surface area contributed by atoms with E-state index in [0.29, 0.717) is 5.82 Å². The SMILES string of the molecule is CCC(CC)(OC)c1nc(N)c2c(n1)CCCCC2. The zero-order valence-corrected chi connectivity index (χ0v) is 12.3. The molecule has 0 saturated carbocycles. The largest absolute Gasteiger partial charge is 0.383 e. The maximum atomic E-state index is 6.17. The van der Waals surface area contributed by atoms with Crippen LogP contribution in [0, 0.1) is 0 Å². The lowest BCUT2D eigenvalue weighted by Crippen LogP contribution is -2.30. The van der Waals surface area contributed by atoms with Crippen molar-refractivity contribution in [2.75, 3.05) is 12.8 Å². The number of ether oxygens (including phenoxy) is 1. The normalized spacial score (nSPS) is 15.9. The first kappa shape index (κ1) is 14.3. The van der Waals surface area contributed by atoms with Gasteiger partial charge in [0.1, 0.15) is 11.4 Å². The summed E-state index contributed by atoms with van der Waals surface area (Å²) in [6.45, 7) is 4.22. The molecule has 0 unspecified atom stereocenters. The van der Waals surface area contributed by atoms with Gasteiger partial charge in [-0.25, -0.2) is 9.97 Å². The quantitative estimate of drug-likeness (QED) is 0.848. The average molecular weight is 263 g/mol. The molecule has 0 amide bonds. The molecule has 1 aliphatic rings. The number of anilines is 1. The molecule has 2 N–H and O–H groups in total. The second-order valence-electron chi connectivity index (χ2n) is 5.32. The van der Waals surface area contributed by atoms with Crippen molar-refractivity contribution in [3.63, 3.8) is 0 Å². The molecule has 4 nitrogen and oxygen atoms in total. The second-order valence-corrected chi connectivity index (χ2v) is 5.32. The number of fused-ring (bicyclic) bond motifs is 1. The van der Waals surface area contributed by atoms with Crippen LogP contribution in [0.4, 0.5) is 5.82 Å². The van der Waals surface area contributed by atoms with Gasteiger partial charge in [-0.3, -0.25) is 0 Å². The second kappa shape index (κ2) is 5.87. The fourth-order valence-corrected chi connectivity index (χ4v) is 2.95. The Morgan fingerprint density at radius 2 is 1.79 bits per heavy atom. The third-order valence-corrected chi connectivity index (χ3v) is 4.41. The lowest BCUT2D eigenvalue weighted by Gasteiger charge is -2.29. The molecule has 2 rings (SSSR count). The van der Waals surface area contributed by atoms with Crippen LogP contribution in [-0.2, 0) is 23.2 Å². The van der Waals surface area contributed by atoms with E-state index in [1.54, 1.807) is 7.11 Å². The zero-order chi connectivity index (χ0) is 13.9. The van der Waals surface area contributed by atoms with E-state index >= 15 is 0 Å². The minimum absolute atomic E-state index is 0.393. The monoisotopic (exact) mass is 263 g/mol. The smallest absolute Gasteiger partial charge is 0.162 e. The van der Waals surface area contributed by atoms with Gasteiger partial charge >= 0.3 is 0 Å². The third kappa shape index (κ3) is 2.59. The molecular weight excluding hydrogens is 238 g/mol. The molecule has 1 aliphatic carbocycles. The molecule has 106 valence electrons. The van der Waals surface area contributed by atoms with Crippen LogP contribution in [0.1, 0.15) is 63.0 Å². The van der Waals surface area contributed by atoms with Crippen molar-refractivity contribution < 1.29 is 4.74 Å². The maximum Gasteiger partial charge on any atom is 0.162 e. The van der Waals surface area contributed by atoms with Gasteiger partial charge in [-0.05, 0) is 38.5 Å². The van der Waals surface area contributed by atoms with Crippen molar-refractivity contribution in [3.05, 3.63) is 17.1 Å². The van der Waals surface area contributed by atoms with Crippen molar-refractivity contribution in [3.8, 4) is 0 Å². The molecule has 0 spiro atoms. The first-order valence-corrected chi connectivity index (χ1v) is 7.37. The van der Waals surface area contributed by atoms with Gasteiger partial charge in [-0.15, -0.1) is 0 Å². The summed E-state index contributed by atoms with van der Waals surface area (Å²) in [5.74, 6) is 1.42. The average Bonchev–Trinajstić information content (AvgIpc) is 2.67. The van der Waals surface area contributed by atoms with Crippen molar-refractivity contribution in [2.45, 2.75) is 64.4 Å². The van der Waals surface area contributed by atoms with Gasteiger partial charge in [0.25, 0.3) is 0 Å². The zero-order valence-electron chi connectivity index (χ0n) is 12.3. The molecular formula is C15H25N3O. The number of nitrogen functional groups attached to an aromatic ring is 1. The number of rotatable bonds is 4. The van der Waals surface area contributed by atoms with Crippen molar-refractivity contribution in [1.82, 2.24) is 9.97 Å². The van der Waals surface area contributed by atoms with E-state index in [4.69, 9.17) is 15.5 Å². The lowest BCUT2D eigenvalue weighted by atomic mass is 9.95. The molecule has 19 heavy (non-hydrogen) atoms. The van der Waals surface area contributed by atoms with E-state index in [1.807, 2.05) is 0 Å². The van der Waals surface area contributed by atoms with Gasteiger partial charge in [0.2, 0.25) is 0 Å². The van der Waals surface area contributed by atoms with Crippen LogP contribution in [0.15, 0.2) is 0 Å². The Kier molecular flexibility index (Phi) is 4.40. The highest BCUT2D eigenvalue weighted by Crippen LogP contribution is 2.32. The summed E-state index contributed by atoms with van der Waals surface area (Å²) in [6.07, 6.45) is 7.39. The molecule has 0 atom stereocenters. The van der Waals surface area contributed by atoms with E-state index in [1.165, 1.54) is 24.8 Å². The summed E-state index contributed by atoms with van der Waals surface area (Å²) in [7, 11) is 1.73. The highest BCUT2D eigenvalue weighted by molar-refractivity contribution is 5.43. The van der Waals surface area contributed by atoms with Crippen LogP contribution in [-0.4, -0.2) is 17.1 Å². The van der Waals surface area contributed by atoms with Gasteiger partial charge in [-0.1, -0.05) is 20.3 Å². The Morgan fingerprint density at radius 1 is 1.11 bits per heavy atom. The Balaban J connectivity index is 2.48. The maximum absolute atomic E-state index is 6.17. The van der Waals surface area contributed by atoms with Gasteiger partial charge < -0.3 is 10.5 Å². The number of hydrogen-bond donors (Lipinski definition) is 1. The van der Waals surface area contributed by atoms with Gasteiger partial charge in [0, 0.05) is 18.4 Å². The summed E-state index contributed by atoms with van der Waals surface area (Å²) in [5.41, 5.74) is 8.08. The molecule has 0 bridgehead atoms. The molecule has 1 aromatic rings. The van der Waals surface area contributed by atoms with E-state index in [2.05, 4.69) is 18.8 Å². The van der Waals surface area contributed by atoms with Crippen LogP contribution in [0.3, 0.4) is 0 Å². The predicted octanol–water partition coefficient (Wildman–Crippen LogP) is 2.99. The van der Waals surface area contributed by atoms with E-state index in [9.17, 15) is 0 Å². The summed E-state index contributed by atoms with van der Waals surface area (Å²) in [6, 6.07) is 0. The minimum Gasteiger partial charge on any atom is -0.383 e. The number of aryl methyl sites for hydroxylation is 1. The number of hydrogen-bond acceptors (Lipinski definition) is 4.